The molecular formula is C19H17BrN2S. The minimum Gasteiger partial charge on any atom is -0.243 e. The number of rotatable bonds is 3. The number of allylic oxidation sites excluding steroid dienone is 1. The van der Waals surface area contributed by atoms with Crippen molar-refractivity contribution in [1.29, 1.82) is 5.26 Å². The number of nitrogens with zero attached hydrogens (tertiary/aromatic N) is 2. The molecule has 23 heavy (non-hydrogen) atoms. The van der Waals surface area contributed by atoms with Gasteiger partial charge in [-0.15, -0.1) is 11.3 Å². The zero-order valence-electron chi connectivity index (χ0n) is 12.9. The average molecular weight is 385 g/mol. The lowest BCUT2D eigenvalue weighted by atomic mass is 9.89. The Kier molecular flexibility index (Phi) is 5.09. The maximum Gasteiger partial charge on any atom is 0.134 e. The molecule has 2 aromatic rings. The number of hydrogen-bond donors (Lipinski definition) is 0. The molecule has 1 aromatic heterocycles. The highest BCUT2D eigenvalue weighted by atomic mass is 79.9. The van der Waals surface area contributed by atoms with Crippen LogP contribution in [0, 0.1) is 17.2 Å². The van der Waals surface area contributed by atoms with Crippen LogP contribution in [0.2, 0.25) is 0 Å². The molecule has 1 heterocycles. The van der Waals surface area contributed by atoms with Crippen LogP contribution in [0.5, 0.6) is 0 Å². The van der Waals surface area contributed by atoms with Crippen LogP contribution in [-0.4, -0.2) is 6.21 Å². The smallest absolute Gasteiger partial charge is 0.134 e. The molecule has 3 rings (SSSR count). The van der Waals surface area contributed by atoms with Gasteiger partial charge in [0.15, 0.2) is 0 Å². The molecule has 1 aliphatic carbocycles. The van der Waals surface area contributed by atoms with E-state index in [1.807, 2.05) is 36.4 Å². The van der Waals surface area contributed by atoms with Crippen molar-refractivity contribution in [3.05, 3.63) is 56.4 Å². The minimum absolute atomic E-state index is 0.703. The van der Waals surface area contributed by atoms with E-state index >= 15 is 0 Å². The van der Waals surface area contributed by atoms with Gasteiger partial charge in [-0.1, -0.05) is 37.3 Å². The van der Waals surface area contributed by atoms with Gasteiger partial charge in [0.2, 0.25) is 0 Å². The fourth-order valence-electron chi connectivity index (χ4n) is 2.81. The Bertz CT molecular complexity index is 797. The third-order valence-corrected chi connectivity index (χ3v) is 5.61. The molecule has 116 valence electrons. The number of thiophene rings is 1. The molecule has 0 aliphatic heterocycles. The van der Waals surface area contributed by atoms with Gasteiger partial charge in [-0.25, -0.2) is 4.99 Å². The number of nitriles is 1. The Morgan fingerprint density at radius 1 is 1.39 bits per heavy atom. The van der Waals surface area contributed by atoms with Gasteiger partial charge in [-0.3, -0.25) is 0 Å². The molecule has 0 amide bonds. The fourth-order valence-corrected chi connectivity index (χ4v) is 4.48. The van der Waals surface area contributed by atoms with Crippen molar-refractivity contribution in [3.63, 3.8) is 0 Å². The fraction of sp³-hybridized carbons (Fsp3) is 0.263. The predicted molar refractivity (Wildman–Crippen MR) is 102 cm³/mol. The van der Waals surface area contributed by atoms with Crippen molar-refractivity contribution in [2.24, 2.45) is 10.9 Å². The maximum atomic E-state index is 9.49. The normalized spacial score (nSPS) is 18.0. The lowest BCUT2D eigenvalue weighted by Gasteiger charge is -2.17. The molecule has 0 spiro atoms. The molecule has 0 saturated carbocycles. The Labute approximate surface area is 149 Å². The molecule has 0 saturated heterocycles. The number of fused-ring (bicyclic) bond motifs is 1. The van der Waals surface area contributed by atoms with Gasteiger partial charge >= 0.3 is 0 Å². The van der Waals surface area contributed by atoms with Crippen LogP contribution in [-0.2, 0) is 12.8 Å². The number of hydrogen-bond acceptors (Lipinski definition) is 3. The zero-order chi connectivity index (χ0) is 16.2. The lowest BCUT2D eigenvalue weighted by molar-refractivity contribution is 0.507. The van der Waals surface area contributed by atoms with Gasteiger partial charge in [0.1, 0.15) is 11.1 Å². The van der Waals surface area contributed by atoms with Gasteiger partial charge in [0.25, 0.3) is 0 Å². The highest BCUT2D eigenvalue weighted by molar-refractivity contribution is 9.12. The van der Waals surface area contributed by atoms with E-state index in [0.717, 1.165) is 33.5 Å². The van der Waals surface area contributed by atoms with Crippen LogP contribution in [0.15, 0.2) is 39.8 Å². The maximum absolute atomic E-state index is 9.49. The van der Waals surface area contributed by atoms with Crippen LogP contribution >= 0.6 is 27.3 Å². The summed E-state index contributed by atoms with van der Waals surface area (Å²) in [6.45, 7) is 2.27. The lowest BCUT2D eigenvalue weighted by Crippen LogP contribution is -2.09. The van der Waals surface area contributed by atoms with Crippen LogP contribution in [0.4, 0.5) is 5.00 Å². The summed E-state index contributed by atoms with van der Waals surface area (Å²) in [6, 6.07) is 12.4. The van der Waals surface area contributed by atoms with E-state index in [4.69, 9.17) is 0 Å². The Hall–Kier alpha value is -1.70. The molecule has 0 N–H and O–H groups in total. The molecule has 4 heteroatoms. The van der Waals surface area contributed by atoms with E-state index in [9.17, 15) is 5.26 Å². The minimum atomic E-state index is 0.703. The van der Waals surface area contributed by atoms with E-state index in [1.165, 1.54) is 16.9 Å². The first-order valence-corrected chi connectivity index (χ1v) is 9.29. The molecule has 2 nitrogen and oxygen atoms in total. The Morgan fingerprint density at radius 2 is 2.17 bits per heavy atom. The molecule has 0 unspecified atom stereocenters. The molecule has 0 fully saturated rings. The summed E-state index contributed by atoms with van der Waals surface area (Å²) in [5.74, 6) is 0.703. The molecule has 1 aliphatic rings. The standard InChI is InChI=1S/C19H17BrN2S/c1-13-7-8-16-17(11-21)19(23-18(16)9-13)22-12-15(20)10-14-5-3-2-4-6-14/h2-6,10,12-13H,7-9H2,1H3/b15-10-,22-12?/t13-/m0/s1. The van der Waals surface area contributed by atoms with Crippen molar-refractivity contribution in [1.82, 2.24) is 0 Å². The van der Waals surface area contributed by atoms with Crippen molar-refractivity contribution in [2.45, 2.75) is 26.2 Å². The SMILES string of the molecule is C[C@H]1CCc2c(sc(N=C/C(Br)=C/c3ccccc3)c2C#N)C1. The average Bonchev–Trinajstić information content (AvgIpc) is 2.90. The second-order valence-electron chi connectivity index (χ2n) is 5.84. The summed E-state index contributed by atoms with van der Waals surface area (Å²) in [4.78, 5) is 5.90. The highest BCUT2D eigenvalue weighted by Crippen LogP contribution is 2.40. The van der Waals surface area contributed by atoms with Gasteiger partial charge in [-0.2, -0.15) is 5.26 Å². The van der Waals surface area contributed by atoms with Crippen LogP contribution in [0.3, 0.4) is 0 Å². The third-order valence-electron chi connectivity index (χ3n) is 4.01. The van der Waals surface area contributed by atoms with E-state index in [1.54, 1.807) is 17.6 Å². The number of benzene rings is 1. The summed E-state index contributed by atoms with van der Waals surface area (Å²) >= 11 is 5.20. The van der Waals surface area contributed by atoms with E-state index < -0.39 is 0 Å². The van der Waals surface area contributed by atoms with Crippen LogP contribution in [0.1, 0.15) is 34.9 Å². The summed E-state index contributed by atoms with van der Waals surface area (Å²) in [6.07, 6.45) is 7.05. The molecule has 1 aromatic carbocycles. The summed E-state index contributed by atoms with van der Waals surface area (Å²) in [7, 11) is 0. The molecular weight excluding hydrogens is 368 g/mol. The molecule has 0 radical (unpaired) electrons. The van der Waals surface area contributed by atoms with E-state index in [-0.39, 0.29) is 0 Å². The number of halogens is 1. The first-order valence-electron chi connectivity index (χ1n) is 7.68. The second-order valence-corrected chi connectivity index (χ2v) is 7.84. The van der Waals surface area contributed by atoms with Crippen molar-refractivity contribution >= 4 is 44.6 Å². The summed E-state index contributed by atoms with van der Waals surface area (Å²) < 4.78 is 0.896. The predicted octanol–water partition coefficient (Wildman–Crippen LogP) is 5.88. The zero-order valence-corrected chi connectivity index (χ0v) is 15.3. The van der Waals surface area contributed by atoms with E-state index in [0.29, 0.717) is 5.92 Å². The topological polar surface area (TPSA) is 36.1 Å². The summed E-state index contributed by atoms with van der Waals surface area (Å²) in [5, 5.41) is 10.3. The Morgan fingerprint density at radius 3 is 2.91 bits per heavy atom. The monoisotopic (exact) mass is 384 g/mol. The van der Waals surface area contributed by atoms with Gasteiger partial charge in [0.05, 0.1) is 5.56 Å². The van der Waals surface area contributed by atoms with Crippen molar-refractivity contribution < 1.29 is 0 Å². The van der Waals surface area contributed by atoms with Crippen molar-refractivity contribution in [3.8, 4) is 6.07 Å². The molecule has 0 bridgehead atoms. The van der Waals surface area contributed by atoms with Crippen molar-refractivity contribution in [2.75, 3.05) is 0 Å². The first kappa shape index (κ1) is 16.2. The quantitative estimate of drug-likeness (QED) is 0.608. The molecule has 1 atom stereocenters. The van der Waals surface area contributed by atoms with Crippen LogP contribution in [0.25, 0.3) is 6.08 Å². The van der Waals surface area contributed by atoms with Gasteiger partial charge in [0, 0.05) is 15.6 Å². The van der Waals surface area contributed by atoms with E-state index in [2.05, 4.69) is 33.9 Å². The Balaban J connectivity index is 1.86. The summed E-state index contributed by atoms with van der Waals surface area (Å²) in [5.41, 5.74) is 3.12. The largest absolute Gasteiger partial charge is 0.243 e. The van der Waals surface area contributed by atoms with Crippen LogP contribution < -0.4 is 0 Å². The van der Waals surface area contributed by atoms with Gasteiger partial charge < -0.3 is 0 Å². The first-order chi connectivity index (χ1) is 11.2. The number of aliphatic imine (C=N–C) groups is 1. The van der Waals surface area contributed by atoms with Gasteiger partial charge in [-0.05, 0) is 58.3 Å². The highest BCUT2D eigenvalue weighted by Gasteiger charge is 2.23. The third kappa shape index (κ3) is 3.80. The second kappa shape index (κ2) is 7.25.